The number of benzene rings is 2. The molecule has 1 aliphatic rings. The summed E-state index contributed by atoms with van der Waals surface area (Å²) in [6.07, 6.45) is 4.29. The molecule has 2 N–H and O–H groups in total. The van der Waals surface area contributed by atoms with E-state index < -0.39 is 15.7 Å². The van der Waals surface area contributed by atoms with Crippen LogP contribution in [-0.2, 0) is 26.0 Å². The molecular weight excluding hydrogens is 398 g/mol. The highest BCUT2D eigenvalue weighted by molar-refractivity contribution is 7.92. The number of aromatic nitrogens is 1. The molecular formula is C23H25N3O3S. The van der Waals surface area contributed by atoms with E-state index in [2.05, 4.69) is 41.0 Å². The molecule has 3 aromatic rings. The number of hydrogen-bond acceptors (Lipinski definition) is 5. The molecule has 0 bridgehead atoms. The summed E-state index contributed by atoms with van der Waals surface area (Å²) < 4.78 is 31.9. The zero-order valence-electron chi connectivity index (χ0n) is 17.2. The number of nitrogens with one attached hydrogen (secondary N) is 2. The molecule has 6 nitrogen and oxygen atoms in total. The lowest BCUT2D eigenvalue weighted by Gasteiger charge is -2.31. The molecule has 30 heavy (non-hydrogen) atoms. The first kappa shape index (κ1) is 20.5. The van der Waals surface area contributed by atoms with Crippen molar-refractivity contribution in [2.24, 2.45) is 0 Å². The van der Waals surface area contributed by atoms with Crippen molar-refractivity contribution in [3.63, 3.8) is 0 Å². The van der Waals surface area contributed by atoms with Crippen molar-refractivity contribution < 1.29 is 13.2 Å². The van der Waals surface area contributed by atoms with Gasteiger partial charge in [-0.1, -0.05) is 48.5 Å². The second-order valence-electron chi connectivity index (χ2n) is 8.11. The molecule has 0 saturated carbocycles. The highest BCUT2D eigenvalue weighted by Crippen LogP contribution is 2.41. The molecule has 4 rings (SSSR count). The molecule has 7 heteroatoms. The summed E-state index contributed by atoms with van der Waals surface area (Å²) in [4.78, 5) is 4.06. The summed E-state index contributed by atoms with van der Waals surface area (Å²) in [5.74, 6) is 0. The van der Waals surface area contributed by atoms with Gasteiger partial charge in [0.2, 0.25) is 10.0 Å². The zero-order valence-corrected chi connectivity index (χ0v) is 18.0. The minimum Gasteiger partial charge on any atom is -0.349 e. The molecule has 0 aliphatic carbocycles. The third-order valence-electron chi connectivity index (χ3n) is 5.20. The average Bonchev–Trinajstić information content (AvgIpc) is 3.48. The summed E-state index contributed by atoms with van der Waals surface area (Å²) in [6, 6.07) is 20.0. The smallest absolute Gasteiger partial charge is 0.229 e. The van der Waals surface area contributed by atoms with Crippen molar-refractivity contribution in [1.82, 2.24) is 10.3 Å². The molecule has 1 atom stereocenters. The van der Waals surface area contributed by atoms with Gasteiger partial charge in [0.15, 0.2) is 5.72 Å². The number of rotatable bonds is 7. The van der Waals surface area contributed by atoms with Gasteiger partial charge in [-0.2, -0.15) is 0 Å². The van der Waals surface area contributed by atoms with Crippen molar-refractivity contribution in [3.8, 4) is 11.1 Å². The van der Waals surface area contributed by atoms with Crippen LogP contribution in [0.3, 0.4) is 0 Å². The minimum atomic E-state index is -3.42. The van der Waals surface area contributed by atoms with Crippen molar-refractivity contribution in [1.29, 1.82) is 0 Å². The van der Waals surface area contributed by atoms with Crippen LogP contribution >= 0.6 is 0 Å². The SMILES string of the molecule is CC(C)(N[C@]1(c2cccc(-c3ccncc3NS(C)(=O)=O)c2)CO1)c1ccccc1. The van der Waals surface area contributed by atoms with Gasteiger partial charge in [0.25, 0.3) is 0 Å². The second-order valence-corrected chi connectivity index (χ2v) is 9.86. The normalized spacial score (nSPS) is 18.8. The third-order valence-corrected chi connectivity index (χ3v) is 5.79. The first-order valence-electron chi connectivity index (χ1n) is 9.70. The lowest BCUT2D eigenvalue weighted by atomic mass is 9.91. The fourth-order valence-electron chi connectivity index (χ4n) is 3.68. The predicted octanol–water partition coefficient (Wildman–Crippen LogP) is 3.83. The molecule has 1 aliphatic heterocycles. The Kier molecular flexibility index (Phi) is 5.13. The van der Waals surface area contributed by atoms with Crippen LogP contribution in [0.4, 0.5) is 5.69 Å². The van der Waals surface area contributed by atoms with Gasteiger partial charge in [0, 0.05) is 22.9 Å². The van der Waals surface area contributed by atoms with Gasteiger partial charge in [0.1, 0.15) is 0 Å². The number of anilines is 1. The monoisotopic (exact) mass is 423 g/mol. The second kappa shape index (κ2) is 7.50. The quantitative estimate of drug-likeness (QED) is 0.565. The van der Waals surface area contributed by atoms with Crippen LogP contribution in [0.1, 0.15) is 25.0 Å². The van der Waals surface area contributed by atoms with Crippen LogP contribution in [-0.4, -0.2) is 26.3 Å². The van der Waals surface area contributed by atoms with Crippen molar-refractivity contribution >= 4 is 15.7 Å². The van der Waals surface area contributed by atoms with Crippen LogP contribution in [0.15, 0.2) is 73.1 Å². The lowest BCUT2D eigenvalue weighted by Crippen LogP contribution is -2.44. The van der Waals surface area contributed by atoms with E-state index in [1.54, 1.807) is 12.3 Å². The van der Waals surface area contributed by atoms with Gasteiger partial charge in [0.05, 0.1) is 24.7 Å². The molecule has 1 saturated heterocycles. The molecule has 2 heterocycles. The number of pyridine rings is 1. The highest BCUT2D eigenvalue weighted by Gasteiger charge is 2.50. The standard InChI is InChI=1S/C23H25N3O3S/c1-22(2,18-9-5-4-6-10-18)26-23(16-29-23)19-11-7-8-17(14-19)20-12-13-24-15-21(20)25-30(3,27)28/h4-15,25-26H,16H2,1-3H3/t23-/m1/s1. The van der Waals surface area contributed by atoms with E-state index in [4.69, 9.17) is 4.74 Å². The van der Waals surface area contributed by atoms with E-state index in [-0.39, 0.29) is 5.54 Å². The predicted molar refractivity (Wildman–Crippen MR) is 118 cm³/mol. The van der Waals surface area contributed by atoms with Gasteiger partial charge in [-0.3, -0.25) is 15.0 Å². The van der Waals surface area contributed by atoms with Gasteiger partial charge >= 0.3 is 0 Å². The van der Waals surface area contributed by atoms with Gasteiger partial charge < -0.3 is 4.74 Å². The van der Waals surface area contributed by atoms with Crippen LogP contribution < -0.4 is 10.0 Å². The minimum absolute atomic E-state index is 0.298. The number of nitrogens with zero attached hydrogens (tertiary/aromatic N) is 1. The topological polar surface area (TPSA) is 83.6 Å². The zero-order chi connectivity index (χ0) is 21.4. The van der Waals surface area contributed by atoms with E-state index in [1.807, 2.05) is 42.5 Å². The summed E-state index contributed by atoms with van der Waals surface area (Å²) in [5.41, 5.74) is 3.38. The summed E-state index contributed by atoms with van der Waals surface area (Å²) >= 11 is 0. The van der Waals surface area contributed by atoms with Crippen LogP contribution in [0.5, 0.6) is 0 Å². The molecule has 0 amide bonds. The van der Waals surface area contributed by atoms with E-state index in [0.717, 1.165) is 22.9 Å². The van der Waals surface area contributed by atoms with Gasteiger partial charge in [-0.25, -0.2) is 8.42 Å². The first-order chi connectivity index (χ1) is 14.2. The Morgan fingerprint density at radius 2 is 1.80 bits per heavy atom. The molecule has 0 spiro atoms. The molecule has 1 aromatic heterocycles. The Labute approximate surface area is 177 Å². The van der Waals surface area contributed by atoms with Crippen molar-refractivity contribution in [2.75, 3.05) is 17.6 Å². The van der Waals surface area contributed by atoms with Gasteiger partial charge in [-0.05, 0) is 37.1 Å². The number of hydrogen-bond donors (Lipinski definition) is 2. The molecule has 156 valence electrons. The van der Waals surface area contributed by atoms with Crippen LogP contribution in [0.2, 0.25) is 0 Å². The summed E-state index contributed by atoms with van der Waals surface area (Å²) in [5, 5.41) is 3.66. The number of ether oxygens (including phenoxy) is 1. The molecule has 0 unspecified atom stereocenters. The molecule has 0 radical (unpaired) electrons. The van der Waals surface area contributed by atoms with Crippen LogP contribution in [0.25, 0.3) is 11.1 Å². The molecule has 2 aromatic carbocycles. The average molecular weight is 424 g/mol. The Balaban J connectivity index is 1.67. The van der Waals surface area contributed by atoms with Gasteiger partial charge in [-0.15, -0.1) is 0 Å². The third kappa shape index (κ3) is 4.38. The van der Waals surface area contributed by atoms with Crippen LogP contribution in [0, 0.1) is 0 Å². The summed E-state index contributed by atoms with van der Waals surface area (Å²) in [7, 11) is -3.42. The maximum atomic E-state index is 11.7. The van der Waals surface area contributed by atoms with E-state index in [9.17, 15) is 8.42 Å². The van der Waals surface area contributed by atoms with Crippen molar-refractivity contribution in [2.45, 2.75) is 25.1 Å². The maximum absolute atomic E-state index is 11.7. The fraction of sp³-hybridized carbons (Fsp3) is 0.261. The fourth-order valence-corrected chi connectivity index (χ4v) is 4.24. The van der Waals surface area contributed by atoms with E-state index in [1.165, 1.54) is 11.8 Å². The Hall–Kier alpha value is -2.74. The maximum Gasteiger partial charge on any atom is 0.229 e. The van der Waals surface area contributed by atoms with Crippen molar-refractivity contribution in [3.05, 3.63) is 84.2 Å². The van der Waals surface area contributed by atoms with E-state index >= 15 is 0 Å². The number of epoxide rings is 1. The Morgan fingerprint density at radius 3 is 2.47 bits per heavy atom. The highest BCUT2D eigenvalue weighted by atomic mass is 32.2. The summed E-state index contributed by atoms with van der Waals surface area (Å²) in [6.45, 7) is 4.83. The molecule has 1 fully saturated rings. The number of sulfonamides is 1. The van der Waals surface area contributed by atoms with E-state index in [0.29, 0.717) is 12.3 Å². The Bertz CT molecular complexity index is 1160. The largest absolute Gasteiger partial charge is 0.349 e. The first-order valence-corrected chi connectivity index (χ1v) is 11.6. The Morgan fingerprint density at radius 1 is 1.07 bits per heavy atom. The lowest BCUT2D eigenvalue weighted by molar-refractivity contribution is 0.197.